The second kappa shape index (κ2) is 11.9. The average Bonchev–Trinajstić information content (AvgIpc) is 3.69. The fraction of sp³-hybridized carbons (Fsp3) is 0. The number of benzene rings is 9. The maximum absolute atomic E-state index is 9.04. The zero-order chi connectivity index (χ0) is 41.1. The van der Waals surface area contributed by atoms with E-state index in [9.17, 15) is 0 Å². The van der Waals surface area contributed by atoms with Gasteiger partial charge >= 0.3 is 0 Å². The van der Waals surface area contributed by atoms with Gasteiger partial charge in [-0.2, -0.15) is 0 Å². The second-order valence-electron chi connectivity index (χ2n) is 14.0. The van der Waals surface area contributed by atoms with Crippen LogP contribution in [0.2, 0.25) is 0 Å². The van der Waals surface area contributed by atoms with Gasteiger partial charge in [-0.1, -0.05) is 152 Å². The normalized spacial score (nSPS) is 13.5. The summed E-state index contributed by atoms with van der Waals surface area (Å²) in [6.07, 6.45) is 0. The molecular weight excluding hydrogens is 685 g/mol. The summed E-state index contributed by atoms with van der Waals surface area (Å²) in [5, 5.41) is 8.07. The van der Waals surface area contributed by atoms with Crippen LogP contribution in [0, 0.1) is 0 Å². The smallest absolute Gasteiger partial charge is 0.167 e. The third kappa shape index (κ3) is 4.52. The Labute approximate surface area is 328 Å². The molecule has 0 saturated carbocycles. The molecule has 3 heterocycles. The van der Waals surface area contributed by atoms with Crippen LogP contribution >= 0.6 is 0 Å². The molecule has 0 bridgehead atoms. The molecule has 260 valence electrons. The first-order chi connectivity index (χ1) is 29.9. The quantitative estimate of drug-likeness (QED) is 0.181. The topological polar surface area (TPSA) is 55.1 Å². The van der Waals surface area contributed by atoms with E-state index in [2.05, 4.69) is 89.8 Å². The van der Waals surface area contributed by atoms with Crippen LogP contribution in [0.1, 0.15) is 6.85 Å². The van der Waals surface area contributed by atoms with Crippen molar-refractivity contribution in [3.8, 4) is 45.3 Å². The molecule has 5 nitrogen and oxygen atoms in total. The van der Waals surface area contributed by atoms with Crippen LogP contribution in [0.15, 0.2) is 186 Å². The fourth-order valence-corrected chi connectivity index (χ4v) is 8.52. The third-order valence-corrected chi connectivity index (χ3v) is 10.9. The van der Waals surface area contributed by atoms with Crippen LogP contribution in [-0.4, -0.2) is 15.0 Å². The lowest BCUT2D eigenvalue weighted by Gasteiger charge is -2.35. The van der Waals surface area contributed by atoms with E-state index in [1.54, 1.807) is 0 Å². The van der Waals surface area contributed by atoms with Gasteiger partial charge < -0.3 is 9.32 Å². The van der Waals surface area contributed by atoms with E-state index >= 15 is 0 Å². The Kier molecular flexibility index (Phi) is 5.58. The number of furan rings is 1. The van der Waals surface area contributed by atoms with Crippen LogP contribution in [0.3, 0.4) is 0 Å². The lowest BCUT2D eigenvalue weighted by atomic mass is 9.87. The molecule has 56 heavy (non-hydrogen) atoms. The van der Waals surface area contributed by atoms with Crippen LogP contribution in [0.4, 0.5) is 17.1 Å². The number of fused-ring (bicyclic) bond motifs is 8. The summed E-state index contributed by atoms with van der Waals surface area (Å²) in [4.78, 5) is 17.6. The molecule has 0 unspecified atom stereocenters. The van der Waals surface area contributed by atoms with Gasteiger partial charge in [-0.3, -0.25) is 0 Å². The summed E-state index contributed by atoms with van der Waals surface area (Å²) in [6, 6.07) is 49.1. The number of anilines is 3. The second-order valence-corrected chi connectivity index (χ2v) is 14.0. The largest absolute Gasteiger partial charge is 0.455 e. The number of aromatic nitrogens is 3. The SMILES string of the molecule is [2H]c1c([2H])c([2H])c(-c2nc(-c3c(N4c5ccc6ccccc6c5-c5cccc6cccc4c56)ccc4ccccc34)nc(-c3cccc4c3oc3ccccc34)n2)c([2H])c1[2H]. The van der Waals surface area contributed by atoms with Crippen molar-refractivity contribution in [2.75, 3.05) is 4.90 Å². The molecule has 9 aromatic carbocycles. The van der Waals surface area contributed by atoms with Gasteiger partial charge in [0, 0.05) is 27.3 Å². The highest BCUT2D eigenvalue weighted by Gasteiger charge is 2.30. The molecule has 0 aliphatic carbocycles. The zero-order valence-electron chi connectivity index (χ0n) is 34.6. The maximum Gasteiger partial charge on any atom is 0.167 e. The van der Waals surface area contributed by atoms with Crippen molar-refractivity contribution < 1.29 is 11.3 Å². The molecular formula is C51H30N4O. The predicted octanol–water partition coefficient (Wildman–Crippen LogP) is 13.7. The van der Waals surface area contributed by atoms with Gasteiger partial charge in [0.1, 0.15) is 11.2 Å². The van der Waals surface area contributed by atoms with E-state index in [-0.39, 0.29) is 23.0 Å². The fourth-order valence-electron chi connectivity index (χ4n) is 8.52. The van der Waals surface area contributed by atoms with E-state index in [1.807, 2.05) is 66.7 Å². The van der Waals surface area contributed by atoms with Gasteiger partial charge in [0.25, 0.3) is 0 Å². The van der Waals surface area contributed by atoms with E-state index in [0.29, 0.717) is 22.3 Å². The van der Waals surface area contributed by atoms with Crippen LogP contribution in [0.25, 0.3) is 99.5 Å². The van der Waals surface area contributed by atoms with E-state index in [4.69, 9.17) is 26.2 Å². The van der Waals surface area contributed by atoms with Crippen LogP contribution in [0.5, 0.6) is 0 Å². The van der Waals surface area contributed by atoms with Crippen molar-refractivity contribution in [1.29, 1.82) is 0 Å². The summed E-state index contributed by atoms with van der Waals surface area (Å²) in [5.74, 6) is 0.439. The first kappa shape index (κ1) is 26.2. The summed E-state index contributed by atoms with van der Waals surface area (Å²) >= 11 is 0. The van der Waals surface area contributed by atoms with Gasteiger partial charge in [0.15, 0.2) is 17.5 Å². The Bertz CT molecular complexity index is 3660. The van der Waals surface area contributed by atoms with Crippen LogP contribution in [-0.2, 0) is 0 Å². The standard InChI is InChI=1S/C51H30N4O/c1-2-15-34(16-3-1)49-52-50(40-24-12-22-38-37-21-8-9-26-44(37)56-48(38)40)54-51(53-49)47-36-20-7-5-14-32(36)28-30-43(47)55-41-25-11-18-33-17-10-23-39(45(33)41)46-35-19-6-4-13-31(35)27-29-42(46)55/h1-30H/i1D,2D,3D,15D,16D. The molecule has 0 atom stereocenters. The van der Waals surface area contributed by atoms with Crippen LogP contribution < -0.4 is 4.90 Å². The minimum atomic E-state index is -0.498. The minimum Gasteiger partial charge on any atom is -0.455 e. The van der Waals surface area contributed by atoms with Crippen molar-refractivity contribution in [1.82, 2.24) is 15.0 Å². The highest BCUT2D eigenvalue weighted by Crippen LogP contribution is 2.55. The Balaban J connectivity index is 1.22. The average molecular weight is 720 g/mol. The van der Waals surface area contributed by atoms with Gasteiger partial charge in [0.2, 0.25) is 0 Å². The van der Waals surface area contributed by atoms with Gasteiger partial charge in [-0.25, -0.2) is 15.0 Å². The molecule has 0 amide bonds. The monoisotopic (exact) mass is 719 g/mol. The van der Waals surface area contributed by atoms with Crippen molar-refractivity contribution >= 4 is 71.3 Å². The third-order valence-electron chi connectivity index (χ3n) is 10.9. The van der Waals surface area contributed by atoms with Crippen molar-refractivity contribution in [3.63, 3.8) is 0 Å². The number of rotatable bonds is 4. The van der Waals surface area contributed by atoms with E-state index in [0.717, 1.165) is 71.3 Å². The first-order valence-electron chi connectivity index (χ1n) is 21.0. The molecule has 0 N–H and O–H groups in total. The molecule has 0 fully saturated rings. The molecule has 1 aliphatic rings. The summed E-state index contributed by atoms with van der Waals surface area (Å²) in [5.41, 5.74) is 7.40. The molecule has 0 saturated heterocycles. The summed E-state index contributed by atoms with van der Waals surface area (Å²) in [7, 11) is 0. The number of hydrogen-bond acceptors (Lipinski definition) is 5. The number of nitrogens with zero attached hydrogens (tertiary/aromatic N) is 4. The lowest BCUT2D eigenvalue weighted by molar-refractivity contribution is 0.669. The Morgan fingerprint density at radius 3 is 1.82 bits per heavy atom. The van der Waals surface area contributed by atoms with E-state index < -0.39 is 30.2 Å². The van der Waals surface area contributed by atoms with Gasteiger partial charge in [-0.05, 0) is 62.8 Å². The Morgan fingerprint density at radius 2 is 1.02 bits per heavy atom. The molecule has 2 aromatic heterocycles. The molecule has 5 heteroatoms. The first-order valence-corrected chi connectivity index (χ1v) is 18.5. The maximum atomic E-state index is 9.04. The van der Waals surface area contributed by atoms with Crippen molar-refractivity contribution in [2.45, 2.75) is 0 Å². The lowest BCUT2D eigenvalue weighted by Crippen LogP contribution is -2.17. The van der Waals surface area contributed by atoms with Gasteiger partial charge in [-0.15, -0.1) is 0 Å². The van der Waals surface area contributed by atoms with Crippen molar-refractivity contribution in [3.05, 3.63) is 182 Å². The molecule has 12 rings (SSSR count). The Hall–Kier alpha value is -7.63. The Morgan fingerprint density at radius 1 is 0.429 bits per heavy atom. The highest BCUT2D eigenvalue weighted by atomic mass is 16.3. The minimum absolute atomic E-state index is 0.0542. The summed E-state index contributed by atoms with van der Waals surface area (Å²) in [6.45, 7) is 0. The molecule has 11 aromatic rings. The molecule has 0 spiro atoms. The van der Waals surface area contributed by atoms with E-state index in [1.165, 1.54) is 0 Å². The van der Waals surface area contributed by atoms with Crippen molar-refractivity contribution in [2.24, 2.45) is 0 Å². The summed E-state index contributed by atoms with van der Waals surface area (Å²) < 4.78 is 50.2. The highest BCUT2D eigenvalue weighted by molar-refractivity contribution is 6.20. The molecule has 0 radical (unpaired) electrons. The zero-order valence-corrected chi connectivity index (χ0v) is 29.6. The van der Waals surface area contributed by atoms with Gasteiger partial charge in [0.05, 0.1) is 35.0 Å². The number of hydrogen-bond donors (Lipinski definition) is 0. The predicted molar refractivity (Wildman–Crippen MR) is 230 cm³/mol. The number of para-hydroxylation sites is 2. The molecule has 1 aliphatic heterocycles.